The van der Waals surface area contributed by atoms with Crippen LogP contribution in [-0.2, 0) is 9.53 Å². The minimum atomic E-state index is -0.305. The zero-order valence-corrected chi connectivity index (χ0v) is 17.7. The fourth-order valence-electron chi connectivity index (χ4n) is 2.99. The highest BCUT2D eigenvalue weighted by Gasteiger charge is 2.25. The molecule has 0 N–H and O–H groups in total. The Morgan fingerprint density at radius 1 is 1.11 bits per heavy atom. The number of carbonyl (C=O) groups is 2. The number of piperazine rings is 1. The number of carbonyl (C=O) groups excluding carboxylic acids is 2. The summed E-state index contributed by atoms with van der Waals surface area (Å²) in [4.78, 5) is 39.1. The van der Waals surface area contributed by atoms with E-state index in [2.05, 4.69) is 23.8 Å². The number of thioether (sulfide) groups is 1. The summed E-state index contributed by atoms with van der Waals surface area (Å²) in [5.41, 5.74) is 1.19. The second-order valence-electron chi connectivity index (χ2n) is 6.39. The van der Waals surface area contributed by atoms with Crippen molar-refractivity contribution in [1.82, 2.24) is 19.8 Å². The summed E-state index contributed by atoms with van der Waals surface area (Å²) in [6, 6.07) is 0. The zero-order valence-electron chi connectivity index (χ0n) is 16.1. The number of rotatable bonds is 4. The molecule has 2 amide bonds. The topological polar surface area (TPSA) is 75.6 Å². The van der Waals surface area contributed by atoms with Crippen LogP contribution in [0.25, 0.3) is 10.2 Å². The largest absolute Gasteiger partial charge is 0.450 e. The Kier molecular flexibility index (Phi) is 6.21. The van der Waals surface area contributed by atoms with Gasteiger partial charge in [-0.2, -0.15) is 0 Å². The van der Waals surface area contributed by atoms with Crippen molar-refractivity contribution < 1.29 is 14.3 Å². The molecule has 1 aliphatic rings. The molecule has 0 radical (unpaired) electrons. The van der Waals surface area contributed by atoms with Crippen molar-refractivity contribution in [3.8, 4) is 0 Å². The van der Waals surface area contributed by atoms with Crippen LogP contribution in [0.1, 0.15) is 23.2 Å². The van der Waals surface area contributed by atoms with Crippen LogP contribution in [0.2, 0.25) is 0 Å². The summed E-state index contributed by atoms with van der Waals surface area (Å²) in [6.07, 6.45) is -0.305. The van der Waals surface area contributed by atoms with Crippen LogP contribution in [0.3, 0.4) is 0 Å². The van der Waals surface area contributed by atoms with Gasteiger partial charge >= 0.3 is 6.09 Å². The van der Waals surface area contributed by atoms with Crippen LogP contribution in [0.4, 0.5) is 4.79 Å². The van der Waals surface area contributed by atoms with E-state index in [9.17, 15) is 9.59 Å². The number of hydrogen-bond donors (Lipinski definition) is 0. The molecule has 0 saturated carbocycles. The van der Waals surface area contributed by atoms with Crippen LogP contribution < -0.4 is 0 Å². The first kappa shape index (κ1) is 19.9. The molecular formula is C18H24N4O3S2. The number of ether oxygens (including phenoxy) is 1. The predicted molar refractivity (Wildman–Crippen MR) is 108 cm³/mol. The van der Waals surface area contributed by atoms with Crippen molar-refractivity contribution in [2.45, 2.75) is 32.7 Å². The summed E-state index contributed by atoms with van der Waals surface area (Å²) < 4.78 is 5.01. The van der Waals surface area contributed by atoms with Crippen LogP contribution in [0.5, 0.6) is 0 Å². The monoisotopic (exact) mass is 408 g/mol. The fraction of sp³-hybridized carbons (Fsp3) is 0.556. The molecular weight excluding hydrogens is 384 g/mol. The Labute approximate surface area is 167 Å². The first-order chi connectivity index (χ1) is 12.9. The van der Waals surface area contributed by atoms with Gasteiger partial charge in [-0.3, -0.25) is 4.79 Å². The second-order valence-corrected chi connectivity index (χ2v) is 8.56. The van der Waals surface area contributed by atoms with Gasteiger partial charge in [0.25, 0.3) is 0 Å². The van der Waals surface area contributed by atoms with Crippen molar-refractivity contribution in [1.29, 1.82) is 0 Å². The third-order valence-corrected chi connectivity index (χ3v) is 6.66. The lowest BCUT2D eigenvalue weighted by molar-refractivity contribution is -0.129. The number of nitrogens with zero attached hydrogens (tertiary/aromatic N) is 4. The van der Waals surface area contributed by atoms with E-state index in [0.29, 0.717) is 38.5 Å². The van der Waals surface area contributed by atoms with Gasteiger partial charge in [-0.05, 0) is 33.3 Å². The van der Waals surface area contributed by atoms with Crippen molar-refractivity contribution in [2.75, 3.05) is 38.5 Å². The summed E-state index contributed by atoms with van der Waals surface area (Å²) in [7, 11) is 0. The third kappa shape index (κ3) is 4.35. The molecule has 0 atom stereocenters. The molecule has 0 bridgehead atoms. The molecule has 2 aromatic heterocycles. The van der Waals surface area contributed by atoms with Gasteiger partial charge in [0.1, 0.15) is 15.7 Å². The van der Waals surface area contributed by atoms with Gasteiger partial charge < -0.3 is 14.5 Å². The molecule has 146 valence electrons. The van der Waals surface area contributed by atoms with Crippen molar-refractivity contribution in [3.63, 3.8) is 0 Å². The molecule has 0 aromatic carbocycles. The Morgan fingerprint density at radius 2 is 1.78 bits per heavy atom. The van der Waals surface area contributed by atoms with Crippen LogP contribution >= 0.6 is 23.1 Å². The summed E-state index contributed by atoms with van der Waals surface area (Å²) in [5.74, 6) is 1.12. The maximum Gasteiger partial charge on any atom is 0.409 e. The van der Waals surface area contributed by atoms with Gasteiger partial charge in [-0.15, -0.1) is 11.3 Å². The lowest BCUT2D eigenvalue weighted by Gasteiger charge is -2.34. The highest BCUT2D eigenvalue weighted by atomic mass is 32.2. The molecule has 2 aromatic rings. The normalized spacial score (nSPS) is 14.7. The molecule has 27 heavy (non-hydrogen) atoms. The van der Waals surface area contributed by atoms with E-state index in [-0.39, 0.29) is 12.0 Å². The van der Waals surface area contributed by atoms with Crippen molar-refractivity contribution >= 4 is 45.3 Å². The Hall–Kier alpha value is -1.87. The molecule has 1 aliphatic heterocycles. The first-order valence-electron chi connectivity index (χ1n) is 8.97. The summed E-state index contributed by atoms with van der Waals surface area (Å²) >= 11 is 3.13. The van der Waals surface area contributed by atoms with Gasteiger partial charge in [0.05, 0.1) is 12.4 Å². The van der Waals surface area contributed by atoms with Crippen molar-refractivity contribution in [2.24, 2.45) is 0 Å². The first-order valence-corrected chi connectivity index (χ1v) is 10.8. The van der Waals surface area contributed by atoms with Crippen LogP contribution in [0, 0.1) is 20.8 Å². The maximum absolute atomic E-state index is 12.6. The SMILES string of the molecule is CCOC(=O)N1CCN(C(=O)CSc2nc(C)nc3sc(C)c(C)c23)CC1. The minimum Gasteiger partial charge on any atom is -0.450 e. The van der Waals surface area contributed by atoms with Crippen LogP contribution in [-0.4, -0.2) is 70.3 Å². The highest BCUT2D eigenvalue weighted by molar-refractivity contribution is 8.00. The third-order valence-electron chi connectivity index (χ3n) is 4.60. The van der Waals surface area contributed by atoms with Gasteiger partial charge in [0.2, 0.25) is 5.91 Å². The Morgan fingerprint density at radius 3 is 2.44 bits per heavy atom. The number of fused-ring (bicyclic) bond motifs is 1. The molecule has 0 unspecified atom stereocenters. The predicted octanol–water partition coefficient (Wildman–Crippen LogP) is 3.01. The smallest absolute Gasteiger partial charge is 0.409 e. The second kappa shape index (κ2) is 8.43. The van der Waals surface area contributed by atoms with E-state index in [1.54, 1.807) is 28.1 Å². The van der Waals surface area contributed by atoms with E-state index in [1.165, 1.54) is 22.2 Å². The standard InChI is InChI=1S/C18H24N4O3S2/c1-5-25-18(24)22-8-6-21(7-9-22)14(23)10-26-16-15-11(2)12(3)27-17(15)20-13(4)19-16/h5-10H2,1-4H3. The molecule has 9 heteroatoms. The number of hydrogen-bond acceptors (Lipinski definition) is 7. The molecule has 7 nitrogen and oxygen atoms in total. The van der Waals surface area contributed by atoms with E-state index in [4.69, 9.17) is 4.74 Å². The number of aromatic nitrogens is 2. The molecule has 1 fully saturated rings. The van der Waals surface area contributed by atoms with Gasteiger partial charge in [0, 0.05) is 36.4 Å². The van der Waals surface area contributed by atoms with Gasteiger partial charge in [-0.25, -0.2) is 14.8 Å². The lowest BCUT2D eigenvalue weighted by Crippen LogP contribution is -2.51. The average molecular weight is 409 g/mol. The molecule has 0 spiro atoms. The molecule has 1 saturated heterocycles. The summed E-state index contributed by atoms with van der Waals surface area (Å²) in [6.45, 7) is 10.3. The highest BCUT2D eigenvalue weighted by Crippen LogP contribution is 2.35. The van der Waals surface area contributed by atoms with Crippen molar-refractivity contribution in [3.05, 3.63) is 16.3 Å². The molecule has 3 heterocycles. The molecule has 0 aliphatic carbocycles. The average Bonchev–Trinajstić information content (AvgIpc) is 2.93. The maximum atomic E-state index is 12.6. The zero-order chi connectivity index (χ0) is 19.6. The van der Waals surface area contributed by atoms with Crippen LogP contribution in [0.15, 0.2) is 5.03 Å². The molecule has 3 rings (SSSR count). The number of aryl methyl sites for hydroxylation is 3. The van der Waals surface area contributed by atoms with Gasteiger partial charge in [0.15, 0.2) is 0 Å². The lowest BCUT2D eigenvalue weighted by atomic mass is 10.2. The number of thiophene rings is 1. The Bertz CT molecular complexity index is 860. The minimum absolute atomic E-state index is 0.0672. The number of amides is 2. The Balaban J connectivity index is 1.62. The van der Waals surface area contributed by atoms with Gasteiger partial charge in [-0.1, -0.05) is 11.8 Å². The van der Waals surface area contributed by atoms with E-state index < -0.39 is 0 Å². The van der Waals surface area contributed by atoms with E-state index >= 15 is 0 Å². The fourth-order valence-corrected chi connectivity index (χ4v) is 5.17. The quantitative estimate of drug-likeness (QED) is 0.572. The van der Waals surface area contributed by atoms with E-state index in [0.717, 1.165) is 21.1 Å². The van der Waals surface area contributed by atoms with E-state index in [1.807, 2.05) is 6.92 Å². The summed E-state index contributed by atoms with van der Waals surface area (Å²) in [5, 5.41) is 1.94.